The van der Waals surface area contributed by atoms with Crippen LogP contribution in [0.4, 0.5) is 11.4 Å². The fraction of sp³-hybridized carbons (Fsp3) is 0.241. The Morgan fingerprint density at radius 1 is 0.889 bits per heavy atom. The van der Waals surface area contributed by atoms with Crippen LogP contribution in [0.2, 0.25) is 10.0 Å². The summed E-state index contributed by atoms with van der Waals surface area (Å²) in [5, 5.41) is 11.9. The van der Waals surface area contributed by atoms with Gasteiger partial charge in [-0.2, -0.15) is 0 Å². The average molecular weight is 523 g/mol. The van der Waals surface area contributed by atoms with Crippen molar-refractivity contribution < 1.29 is 14.7 Å². The van der Waals surface area contributed by atoms with Crippen molar-refractivity contribution in [2.45, 2.75) is 32.2 Å². The van der Waals surface area contributed by atoms with E-state index in [9.17, 15) is 14.7 Å². The van der Waals surface area contributed by atoms with Crippen LogP contribution in [0.15, 0.2) is 72.3 Å². The van der Waals surface area contributed by atoms with Crippen LogP contribution >= 0.6 is 23.2 Å². The van der Waals surface area contributed by atoms with Gasteiger partial charge in [0.15, 0.2) is 0 Å². The van der Waals surface area contributed by atoms with Crippen LogP contribution in [0.1, 0.15) is 43.5 Å². The quantitative estimate of drug-likeness (QED) is 0.228. The predicted molar refractivity (Wildman–Crippen MR) is 147 cm³/mol. The molecule has 7 heteroatoms. The molecular weight excluding hydrogens is 495 g/mol. The number of nitrogens with zero attached hydrogens (tertiary/aromatic N) is 2. The van der Waals surface area contributed by atoms with E-state index in [-0.39, 0.29) is 21.8 Å². The normalized spacial score (nSPS) is 17.5. The molecule has 186 valence electrons. The van der Waals surface area contributed by atoms with Crippen LogP contribution in [-0.2, 0) is 15.0 Å². The summed E-state index contributed by atoms with van der Waals surface area (Å²) >= 11 is 12.2. The van der Waals surface area contributed by atoms with Crippen molar-refractivity contribution in [1.82, 2.24) is 0 Å². The highest BCUT2D eigenvalue weighted by Gasteiger charge is 2.47. The highest BCUT2D eigenvalue weighted by atomic mass is 35.5. The zero-order chi connectivity index (χ0) is 26.4. The van der Waals surface area contributed by atoms with Gasteiger partial charge in [-0.15, -0.1) is 0 Å². The fourth-order valence-electron chi connectivity index (χ4n) is 4.29. The van der Waals surface area contributed by atoms with Crippen molar-refractivity contribution in [3.05, 3.63) is 99.0 Å². The predicted octanol–water partition coefficient (Wildman–Crippen LogP) is 6.98. The number of amides is 1. The van der Waals surface area contributed by atoms with E-state index in [0.717, 1.165) is 11.3 Å². The van der Waals surface area contributed by atoms with Crippen LogP contribution in [0, 0.1) is 0 Å². The first-order valence-electron chi connectivity index (χ1n) is 11.5. The van der Waals surface area contributed by atoms with Crippen LogP contribution in [0.3, 0.4) is 0 Å². The van der Waals surface area contributed by atoms with Crippen molar-refractivity contribution in [2.24, 2.45) is 0 Å². The molecule has 0 saturated carbocycles. The molecule has 5 nitrogen and oxygen atoms in total. The SMILES string of the molecule is CN(C)c1ccc(N2C(=O)C(=O)/C(=C(\O)c3ccc(Cl)c(Cl)c3)C2c2ccc(C(C)(C)C)cc2)cc1. The molecule has 1 amide bonds. The second kappa shape index (κ2) is 9.64. The molecule has 0 aliphatic carbocycles. The van der Waals surface area contributed by atoms with Crippen molar-refractivity contribution in [1.29, 1.82) is 0 Å². The zero-order valence-corrected chi connectivity index (χ0v) is 22.4. The summed E-state index contributed by atoms with van der Waals surface area (Å²) in [6.45, 7) is 6.35. The molecular formula is C29H28Cl2N2O3. The van der Waals surface area contributed by atoms with E-state index in [1.54, 1.807) is 24.3 Å². The Morgan fingerprint density at radius 3 is 2.03 bits per heavy atom. The average Bonchev–Trinajstić information content (AvgIpc) is 3.10. The molecule has 4 rings (SSSR count). The van der Waals surface area contributed by atoms with Crippen molar-refractivity contribution >= 4 is 52.0 Å². The zero-order valence-electron chi connectivity index (χ0n) is 20.8. The number of hydrogen-bond donors (Lipinski definition) is 1. The molecule has 1 aliphatic heterocycles. The lowest BCUT2D eigenvalue weighted by Gasteiger charge is -2.27. The number of carbonyl (C=O) groups excluding carboxylic acids is 2. The maximum atomic E-state index is 13.4. The van der Waals surface area contributed by atoms with Gasteiger partial charge < -0.3 is 10.0 Å². The Kier molecular flexibility index (Phi) is 6.91. The van der Waals surface area contributed by atoms with Crippen LogP contribution in [0.25, 0.3) is 5.76 Å². The summed E-state index contributed by atoms with van der Waals surface area (Å²) in [5.74, 6) is -1.77. The molecule has 3 aromatic carbocycles. The summed E-state index contributed by atoms with van der Waals surface area (Å²) < 4.78 is 0. The molecule has 1 N–H and O–H groups in total. The third-order valence-electron chi connectivity index (χ3n) is 6.37. The van der Waals surface area contributed by atoms with Gasteiger partial charge in [0.1, 0.15) is 5.76 Å². The van der Waals surface area contributed by atoms with E-state index in [2.05, 4.69) is 20.8 Å². The molecule has 1 heterocycles. The Hall–Kier alpha value is -3.28. The van der Waals surface area contributed by atoms with E-state index < -0.39 is 17.7 Å². The molecule has 1 atom stereocenters. The van der Waals surface area contributed by atoms with Crippen LogP contribution < -0.4 is 9.80 Å². The van der Waals surface area contributed by atoms with Crippen molar-refractivity contribution in [2.75, 3.05) is 23.9 Å². The van der Waals surface area contributed by atoms with Gasteiger partial charge in [0.05, 0.1) is 21.7 Å². The lowest BCUT2D eigenvalue weighted by molar-refractivity contribution is -0.132. The first-order chi connectivity index (χ1) is 16.9. The Morgan fingerprint density at radius 2 is 1.50 bits per heavy atom. The minimum absolute atomic E-state index is 0.00131. The summed E-state index contributed by atoms with van der Waals surface area (Å²) in [5.41, 5.74) is 3.57. The first kappa shape index (κ1) is 25.8. The van der Waals surface area contributed by atoms with Gasteiger partial charge in [-0.1, -0.05) is 68.2 Å². The smallest absolute Gasteiger partial charge is 0.300 e. The highest BCUT2D eigenvalue weighted by Crippen LogP contribution is 2.43. The number of aliphatic hydroxyl groups is 1. The molecule has 36 heavy (non-hydrogen) atoms. The maximum absolute atomic E-state index is 13.4. The van der Waals surface area contributed by atoms with Crippen LogP contribution in [0.5, 0.6) is 0 Å². The molecule has 3 aromatic rings. The van der Waals surface area contributed by atoms with E-state index in [1.165, 1.54) is 11.0 Å². The topological polar surface area (TPSA) is 60.9 Å². The van der Waals surface area contributed by atoms with Crippen molar-refractivity contribution in [3.8, 4) is 0 Å². The number of carbonyl (C=O) groups is 2. The number of halogens is 2. The monoisotopic (exact) mass is 522 g/mol. The van der Waals surface area contributed by atoms with Crippen LogP contribution in [-0.4, -0.2) is 30.9 Å². The van der Waals surface area contributed by atoms with Gasteiger partial charge in [0.2, 0.25) is 0 Å². The summed E-state index contributed by atoms with van der Waals surface area (Å²) in [4.78, 5) is 30.1. The van der Waals surface area contributed by atoms with Gasteiger partial charge in [0, 0.05) is 31.0 Å². The molecule has 1 aliphatic rings. The second-order valence-electron chi connectivity index (χ2n) is 10.1. The summed E-state index contributed by atoms with van der Waals surface area (Å²) in [6, 6.07) is 18.9. The number of Topliss-reactive ketones (excluding diaryl/α,β-unsaturated/α-hetero) is 1. The molecule has 0 radical (unpaired) electrons. The van der Waals surface area contributed by atoms with Gasteiger partial charge in [-0.3, -0.25) is 14.5 Å². The third-order valence-corrected chi connectivity index (χ3v) is 7.11. The van der Waals surface area contributed by atoms with Gasteiger partial charge in [-0.05, 0) is 59.0 Å². The number of rotatable bonds is 4. The first-order valence-corrected chi connectivity index (χ1v) is 12.3. The molecule has 1 unspecified atom stereocenters. The number of ketones is 1. The minimum Gasteiger partial charge on any atom is -0.507 e. The number of anilines is 2. The molecule has 0 spiro atoms. The summed E-state index contributed by atoms with van der Waals surface area (Å²) in [7, 11) is 3.85. The largest absolute Gasteiger partial charge is 0.507 e. The molecule has 0 bridgehead atoms. The molecule has 1 fully saturated rings. The van der Waals surface area contributed by atoms with E-state index >= 15 is 0 Å². The number of benzene rings is 3. The highest BCUT2D eigenvalue weighted by molar-refractivity contribution is 6.51. The number of aliphatic hydroxyl groups excluding tert-OH is 1. The summed E-state index contributed by atoms with van der Waals surface area (Å²) in [6.07, 6.45) is 0. The minimum atomic E-state index is -0.821. The number of hydrogen-bond acceptors (Lipinski definition) is 4. The molecule has 1 saturated heterocycles. The fourth-order valence-corrected chi connectivity index (χ4v) is 4.59. The van der Waals surface area contributed by atoms with E-state index in [1.807, 2.05) is 55.4 Å². The third kappa shape index (κ3) is 4.73. The Balaban J connectivity index is 1.91. The second-order valence-corrected chi connectivity index (χ2v) is 10.9. The van der Waals surface area contributed by atoms with Gasteiger partial charge in [-0.25, -0.2) is 0 Å². The van der Waals surface area contributed by atoms with Crippen molar-refractivity contribution in [3.63, 3.8) is 0 Å². The molecule has 0 aromatic heterocycles. The van der Waals surface area contributed by atoms with E-state index in [0.29, 0.717) is 21.8 Å². The van der Waals surface area contributed by atoms with Gasteiger partial charge in [0.25, 0.3) is 11.7 Å². The Labute approximate surface area is 221 Å². The van der Waals surface area contributed by atoms with Gasteiger partial charge >= 0.3 is 0 Å². The standard InChI is InChI=1S/C29H28Cl2N2O3/c1-29(2,3)19-9-6-17(7-10-19)25-24(26(34)18-8-15-22(30)23(31)16-18)27(35)28(36)33(25)21-13-11-20(12-14-21)32(4)5/h6-16,25,34H,1-5H3/b26-24-. The maximum Gasteiger partial charge on any atom is 0.300 e. The lowest BCUT2D eigenvalue weighted by Crippen LogP contribution is -2.29. The Bertz CT molecular complexity index is 1350. The van der Waals surface area contributed by atoms with E-state index in [4.69, 9.17) is 23.2 Å². The lowest BCUT2D eigenvalue weighted by atomic mass is 9.85.